The van der Waals surface area contributed by atoms with Crippen molar-refractivity contribution < 1.29 is 0 Å². The lowest BCUT2D eigenvalue weighted by Crippen LogP contribution is -2.06. The fourth-order valence-corrected chi connectivity index (χ4v) is 1.91. The molecule has 1 heteroatoms. The minimum atomic E-state index is 0.876. The van der Waals surface area contributed by atoms with Crippen LogP contribution in [0.25, 0.3) is 0 Å². The molecule has 1 fully saturated rings. The van der Waals surface area contributed by atoms with Gasteiger partial charge in [-0.25, -0.2) is 0 Å². The maximum atomic E-state index is 5.56. The van der Waals surface area contributed by atoms with E-state index in [-0.39, 0.29) is 0 Å². The van der Waals surface area contributed by atoms with E-state index in [9.17, 15) is 0 Å². The summed E-state index contributed by atoms with van der Waals surface area (Å²) in [6.07, 6.45) is 4.12. The van der Waals surface area contributed by atoms with E-state index in [2.05, 4.69) is 13.8 Å². The molecular weight excluding hydrogens is 122 g/mol. The fourth-order valence-electron chi connectivity index (χ4n) is 1.91. The van der Waals surface area contributed by atoms with Gasteiger partial charge in [0.05, 0.1) is 0 Å². The molecule has 60 valence electrons. The van der Waals surface area contributed by atoms with E-state index in [0.29, 0.717) is 0 Å². The van der Waals surface area contributed by atoms with Crippen molar-refractivity contribution in [2.24, 2.45) is 23.5 Å². The number of hydrogen-bond donors (Lipinski definition) is 1. The summed E-state index contributed by atoms with van der Waals surface area (Å²) in [6, 6.07) is 0. The van der Waals surface area contributed by atoms with Crippen molar-refractivity contribution >= 4 is 0 Å². The lowest BCUT2D eigenvalue weighted by molar-refractivity contribution is 0.439. The van der Waals surface area contributed by atoms with Gasteiger partial charge in [-0.1, -0.05) is 26.7 Å². The van der Waals surface area contributed by atoms with Gasteiger partial charge in [0.25, 0.3) is 0 Å². The van der Waals surface area contributed by atoms with Crippen molar-refractivity contribution in [3.05, 3.63) is 0 Å². The molecule has 2 N–H and O–H groups in total. The third kappa shape index (κ3) is 1.72. The van der Waals surface area contributed by atoms with Crippen LogP contribution in [0.2, 0.25) is 0 Å². The number of nitrogens with two attached hydrogens (primary N) is 1. The summed E-state index contributed by atoms with van der Waals surface area (Å²) in [4.78, 5) is 0. The Bertz CT molecular complexity index is 101. The minimum Gasteiger partial charge on any atom is -0.330 e. The lowest BCUT2D eigenvalue weighted by atomic mass is 9.99. The summed E-state index contributed by atoms with van der Waals surface area (Å²) in [6.45, 7) is 5.54. The predicted molar refractivity (Wildman–Crippen MR) is 44.7 cm³/mol. The molecule has 3 atom stereocenters. The van der Waals surface area contributed by atoms with E-state index in [4.69, 9.17) is 5.73 Å². The van der Waals surface area contributed by atoms with Crippen LogP contribution < -0.4 is 5.73 Å². The van der Waals surface area contributed by atoms with Gasteiger partial charge in [0.15, 0.2) is 0 Å². The monoisotopic (exact) mass is 141 g/mol. The third-order valence-corrected chi connectivity index (χ3v) is 2.75. The SMILES string of the molecule is CCCC(C)[C@@H]1C[C@H]1CN. The molecule has 0 aromatic rings. The van der Waals surface area contributed by atoms with Gasteiger partial charge in [0.2, 0.25) is 0 Å². The van der Waals surface area contributed by atoms with E-state index in [1.54, 1.807) is 0 Å². The van der Waals surface area contributed by atoms with Gasteiger partial charge >= 0.3 is 0 Å². The predicted octanol–water partition coefficient (Wildman–Crippen LogP) is 2.02. The zero-order chi connectivity index (χ0) is 7.56. The van der Waals surface area contributed by atoms with Crippen LogP contribution in [0, 0.1) is 17.8 Å². The summed E-state index contributed by atoms with van der Waals surface area (Å²) in [5.41, 5.74) is 5.56. The second-order valence-corrected chi connectivity index (χ2v) is 3.66. The first kappa shape index (κ1) is 8.06. The number of hydrogen-bond acceptors (Lipinski definition) is 1. The first-order chi connectivity index (χ1) is 4.79. The molecule has 0 heterocycles. The number of rotatable bonds is 4. The topological polar surface area (TPSA) is 26.0 Å². The van der Waals surface area contributed by atoms with Crippen LogP contribution in [0.5, 0.6) is 0 Å². The zero-order valence-corrected chi connectivity index (χ0v) is 7.14. The molecular formula is C9H19N. The molecule has 0 aromatic heterocycles. The molecule has 0 aliphatic heterocycles. The molecule has 0 radical (unpaired) electrons. The fraction of sp³-hybridized carbons (Fsp3) is 1.00. The van der Waals surface area contributed by atoms with Crippen LogP contribution in [-0.2, 0) is 0 Å². The van der Waals surface area contributed by atoms with E-state index >= 15 is 0 Å². The molecule has 10 heavy (non-hydrogen) atoms. The molecule has 0 aromatic carbocycles. The molecule has 0 amide bonds. The molecule has 0 bridgehead atoms. The average molecular weight is 141 g/mol. The summed E-state index contributed by atoms with van der Waals surface area (Å²) >= 11 is 0. The standard InChI is InChI=1S/C9H19N/c1-3-4-7(2)9-5-8(9)6-10/h7-9H,3-6,10H2,1-2H3/t7?,8-,9-/m0/s1. The summed E-state index contributed by atoms with van der Waals surface area (Å²) in [7, 11) is 0. The van der Waals surface area contributed by atoms with Crippen LogP contribution in [0.15, 0.2) is 0 Å². The quantitative estimate of drug-likeness (QED) is 0.637. The molecule has 1 unspecified atom stereocenters. The van der Waals surface area contributed by atoms with Crippen molar-refractivity contribution in [2.75, 3.05) is 6.54 Å². The van der Waals surface area contributed by atoms with E-state index in [0.717, 1.165) is 24.3 Å². The van der Waals surface area contributed by atoms with Gasteiger partial charge in [0.1, 0.15) is 0 Å². The highest BCUT2D eigenvalue weighted by atomic mass is 14.6. The van der Waals surface area contributed by atoms with Gasteiger partial charge in [-0.2, -0.15) is 0 Å². The van der Waals surface area contributed by atoms with Gasteiger partial charge in [-0.3, -0.25) is 0 Å². The Balaban J connectivity index is 2.12. The molecule has 0 spiro atoms. The molecule has 1 rings (SSSR count). The van der Waals surface area contributed by atoms with Crippen molar-refractivity contribution in [1.82, 2.24) is 0 Å². The smallest absolute Gasteiger partial charge is 0.00460 e. The van der Waals surface area contributed by atoms with E-state index in [1.807, 2.05) is 0 Å². The van der Waals surface area contributed by atoms with Gasteiger partial charge in [0, 0.05) is 0 Å². The Morgan fingerprint density at radius 2 is 2.30 bits per heavy atom. The summed E-state index contributed by atoms with van der Waals surface area (Å²) in [5, 5.41) is 0. The zero-order valence-electron chi connectivity index (χ0n) is 7.14. The van der Waals surface area contributed by atoms with E-state index in [1.165, 1.54) is 19.3 Å². The second kappa shape index (κ2) is 3.38. The van der Waals surface area contributed by atoms with Gasteiger partial charge < -0.3 is 5.73 Å². The van der Waals surface area contributed by atoms with Gasteiger partial charge in [-0.05, 0) is 30.7 Å². The van der Waals surface area contributed by atoms with Crippen LogP contribution >= 0.6 is 0 Å². The van der Waals surface area contributed by atoms with E-state index < -0.39 is 0 Å². The maximum absolute atomic E-state index is 5.56. The van der Waals surface area contributed by atoms with Crippen LogP contribution in [0.4, 0.5) is 0 Å². The second-order valence-electron chi connectivity index (χ2n) is 3.66. The highest BCUT2D eigenvalue weighted by Gasteiger charge is 2.38. The highest BCUT2D eigenvalue weighted by Crippen LogP contribution is 2.44. The molecule has 0 saturated heterocycles. The summed E-state index contributed by atoms with van der Waals surface area (Å²) in [5.74, 6) is 2.78. The van der Waals surface area contributed by atoms with Crippen molar-refractivity contribution in [3.63, 3.8) is 0 Å². The Kier molecular flexibility index (Phi) is 2.72. The highest BCUT2D eigenvalue weighted by molar-refractivity contribution is 4.89. The first-order valence-electron chi connectivity index (χ1n) is 4.49. The largest absolute Gasteiger partial charge is 0.330 e. The molecule has 1 saturated carbocycles. The third-order valence-electron chi connectivity index (χ3n) is 2.75. The Morgan fingerprint density at radius 3 is 2.70 bits per heavy atom. The van der Waals surface area contributed by atoms with Gasteiger partial charge in [-0.15, -0.1) is 0 Å². The van der Waals surface area contributed by atoms with Crippen molar-refractivity contribution in [3.8, 4) is 0 Å². The van der Waals surface area contributed by atoms with Crippen LogP contribution in [-0.4, -0.2) is 6.54 Å². The Hall–Kier alpha value is -0.0400. The molecule has 1 nitrogen and oxygen atoms in total. The van der Waals surface area contributed by atoms with Crippen molar-refractivity contribution in [2.45, 2.75) is 33.1 Å². The van der Waals surface area contributed by atoms with Crippen LogP contribution in [0.3, 0.4) is 0 Å². The van der Waals surface area contributed by atoms with Crippen molar-refractivity contribution in [1.29, 1.82) is 0 Å². The summed E-state index contributed by atoms with van der Waals surface area (Å²) < 4.78 is 0. The molecule has 1 aliphatic rings. The van der Waals surface area contributed by atoms with Crippen LogP contribution in [0.1, 0.15) is 33.1 Å². The lowest BCUT2D eigenvalue weighted by Gasteiger charge is -2.07. The Labute approximate surface area is 64.0 Å². The maximum Gasteiger partial charge on any atom is -0.00460 e. The average Bonchev–Trinajstić information content (AvgIpc) is 2.66. The normalized spacial score (nSPS) is 33.9. The first-order valence-corrected chi connectivity index (χ1v) is 4.49. The Morgan fingerprint density at radius 1 is 1.60 bits per heavy atom. The molecule has 1 aliphatic carbocycles. The minimum absolute atomic E-state index is 0.876.